The highest BCUT2D eigenvalue weighted by atomic mass is 16.3. The second kappa shape index (κ2) is 5.23. The number of rotatable bonds is 3. The van der Waals surface area contributed by atoms with E-state index >= 15 is 0 Å². The molecule has 1 aromatic rings. The maximum atomic E-state index is 5.53. The van der Waals surface area contributed by atoms with Gasteiger partial charge >= 0.3 is 0 Å². The van der Waals surface area contributed by atoms with E-state index in [2.05, 4.69) is 37.1 Å². The molecular weight excluding hydrogens is 212 g/mol. The standard InChI is InChI=1S/C14H24N2O/c1-4-14(3)11-16(9-6-8-15-14)12(2)13-7-5-10-17-13/h5,7,10,12,15H,4,6,8-9,11H2,1-3H3. The van der Waals surface area contributed by atoms with E-state index in [1.165, 1.54) is 6.42 Å². The molecule has 0 amide bonds. The molecule has 0 radical (unpaired) electrons. The molecule has 0 saturated carbocycles. The molecular formula is C14H24N2O. The summed E-state index contributed by atoms with van der Waals surface area (Å²) in [5.41, 5.74) is 0.233. The zero-order chi connectivity index (χ0) is 12.3. The van der Waals surface area contributed by atoms with Gasteiger partial charge in [-0.1, -0.05) is 6.92 Å². The third-order valence-corrected chi connectivity index (χ3v) is 4.01. The van der Waals surface area contributed by atoms with Gasteiger partial charge in [0.2, 0.25) is 0 Å². The Bertz CT molecular complexity index is 336. The zero-order valence-corrected chi connectivity index (χ0v) is 11.2. The van der Waals surface area contributed by atoms with Gasteiger partial charge in [0.15, 0.2) is 0 Å². The summed E-state index contributed by atoms with van der Waals surface area (Å²) in [5, 5.41) is 3.67. The van der Waals surface area contributed by atoms with Gasteiger partial charge in [-0.05, 0) is 45.4 Å². The monoisotopic (exact) mass is 236 g/mol. The molecule has 0 aliphatic carbocycles. The minimum atomic E-state index is 0.233. The molecule has 3 nitrogen and oxygen atoms in total. The molecule has 1 aromatic heterocycles. The van der Waals surface area contributed by atoms with Crippen LogP contribution in [-0.2, 0) is 0 Å². The summed E-state index contributed by atoms with van der Waals surface area (Å²) in [7, 11) is 0. The smallest absolute Gasteiger partial charge is 0.120 e. The summed E-state index contributed by atoms with van der Waals surface area (Å²) in [4.78, 5) is 2.53. The van der Waals surface area contributed by atoms with Crippen LogP contribution in [0.15, 0.2) is 22.8 Å². The first-order chi connectivity index (χ1) is 8.14. The van der Waals surface area contributed by atoms with Crippen molar-refractivity contribution in [2.24, 2.45) is 0 Å². The fraction of sp³-hybridized carbons (Fsp3) is 0.714. The molecule has 2 atom stereocenters. The van der Waals surface area contributed by atoms with Crippen LogP contribution in [-0.4, -0.2) is 30.1 Å². The molecule has 1 saturated heterocycles. The van der Waals surface area contributed by atoms with Gasteiger partial charge < -0.3 is 9.73 Å². The van der Waals surface area contributed by atoms with Gasteiger partial charge in [0.25, 0.3) is 0 Å². The zero-order valence-electron chi connectivity index (χ0n) is 11.2. The average Bonchev–Trinajstić information content (AvgIpc) is 2.79. The molecule has 1 aliphatic heterocycles. The third-order valence-electron chi connectivity index (χ3n) is 4.01. The molecule has 0 aromatic carbocycles. The van der Waals surface area contributed by atoms with Crippen molar-refractivity contribution in [1.82, 2.24) is 10.2 Å². The van der Waals surface area contributed by atoms with E-state index < -0.39 is 0 Å². The molecule has 96 valence electrons. The van der Waals surface area contributed by atoms with Crippen molar-refractivity contribution in [3.05, 3.63) is 24.2 Å². The highest BCUT2D eigenvalue weighted by Gasteiger charge is 2.30. The van der Waals surface area contributed by atoms with Crippen LogP contribution in [0.1, 0.15) is 45.4 Å². The van der Waals surface area contributed by atoms with E-state index in [4.69, 9.17) is 4.42 Å². The van der Waals surface area contributed by atoms with Gasteiger partial charge in [-0.25, -0.2) is 0 Å². The van der Waals surface area contributed by atoms with Crippen molar-refractivity contribution >= 4 is 0 Å². The Morgan fingerprint density at radius 1 is 1.59 bits per heavy atom. The van der Waals surface area contributed by atoms with Crippen LogP contribution in [0.3, 0.4) is 0 Å². The third kappa shape index (κ3) is 2.90. The Hall–Kier alpha value is -0.800. The van der Waals surface area contributed by atoms with Gasteiger partial charge in [0, 0.05) is 18.6 Å². The largest absolute Gasteiger partial charge is 0.468 e. The molecule has 17 heavy (non-hydrogen) atoms. The molecule has 1 fully saturated rings. The van der Waals surface area contributed by atoms with Gasteiger partial charge in [-0.15, -0.1) is 0 Å². The van der Waals surface area contributed by atoms with Crippen LogP contribution >= 0.6 is 0 Å². The number of furan rings is 1. The van der Waals surface area contributed by atoms with Crippen LogP contribution in [0.5, 0.6) is 0 Å². The lowest BCUT2D eigenvalue weighted by molar-refractivity contribution is 0.154. The Kier molecular flexibility index (Phi) is 3.89. The predicted octanol–water partition coefficient (Wildman–Crippen LogP) is 2.80. The van der Waals surface area contributed by atoms with E-state index in [0.29, 0.717) is 6.04 Å². The molecule has 2 heterocycles. The highest BCUT2D eigenvalue weighted by Crippen LogP contribution is 2.25. The molecule has 2 rings (SSSR count). The molecule has 0 bridgehead atoms. The van der Waals surface area contributed by atoms with Crippen LogP contribution in [0.25, 0.3) is 0 Å². The van der Waals surface area contributed by atoms with Crippen molar-refractivity contribution in [3.8, 4) is 0 Å². The first-order valence-electron chi connectivity index (χ1n) is 6.67. The van der Waals surface area contributed by atoms with Crippen molar-refractivity contribution < 1.29 is 4.42 Å². The summed E-state index contributed by atoms with van der Waals surface area (Å²) < 4.78 is 5.53. The topological polar surface area (TPSA) is 28.4 Å². The minimum absolute atomic E-state index is 0.233. The number of nitrogens with zero attached hydrogens (tertiary/aromatic N) is 1. The number of nitrogens with one attached hydrogen (secondary N) is 1. The fourth-order valence-corrected chi connectivity index (χ4v) is 2.53. The van der Waals surface area contributed by atoms with Gasteiger partial charge in [0.1, 0.15) is 5.76 Å². The van der Waals surface area contributed by atoms with Gasteiger partial charge in [-0.3, -0.25) is 4.90 Å². The lowest BCUT2D eigenvalue weighted by atomic mass is 9.98. The van der Waals surface area contributed by atoms with E-state index in [9.17, 15) is 0 Å². The van der Waals surface area contributed by atoms with E-state index in [0.717, 1.165) is 31.8 Å². The first-order valence-corrected chi connectivity index (χ1v) is 6.67. The van der Waals surface area contributed by atoms with Crippen LogP contribution in [0.4, 0.5) is 0 Å². The highest BCUT2D eigenvalue weighted by molar-refractivity contribution is 5.04. The summed E-state index contributed by atoms with van der Waals surface area (Å²) in [6.07, 6.45) is 4.13. The predicted molar refractivity (Wildman–Crippen MR) is 70.0 cm³/mol. The first kappa shape index (κ1) is 12.7. The molecule has 1 N–H and O–H groups in total. The Labute approximate surface area is 104 Å². The normalized spacial score (nSPS) is 28.9. The van der Waals surface area contributed by atoms with Crippen molar-refractivity contribution in [3.63, 3.8) is 0 Å². The van der Waals surface area contributed by atoms with Crippen molar-refractivity contribution in [2.75, 3.05) is 19.6 Å². The molecule has 0 spiro atoms. The lowest BCUT2D eigenvalue weighted by Crippen LogP contribution is -2.48. The lowest BCUT2D eigenvalue weighted by Gasteiger charge is -2.35. The summed E-state index contributed by atoms with van der Waals surface area (Å²) in [6.45, 7) is 10.2. The van der Waals surface area contributed by atoms with Gasteiger partial charge in [0.05, 0.1) is 12.3 Å². The number of hydrogen-bond acceptors (Lipinski definition) is 3. The SMILES string of the molecule is CCC1(C)CN(C(C)c2ccco2)CCCN1. The fourth-order valence-electron chi connectivity index (χ4n) is 2.53. The van der Waals surface area contributed by atoms with Crippen LogP contribution < -0.4 is 5.32 Å². The minimum Gasteiger partial charge on any atom is -0.468 e. The van der Waals surface area contributed by atoms with Crippen LogP contribution in [0, 0.1) is 0 Å². The average molecular weight is 236 g/mol. The maximum absolute atomic E-state index is 5.53. The summed E-state index contributed by atoms with van der Waals surface area (Å²) in [6, 6.07) is 4.42. The van der Waals surface area contributed by atoms with Crippen LogP contribution in [0.2, 0.25) is 0 Å². The maximum Gasteiger partial charge on any atom is 0.120 e. The Morgan fingerprint density at radius 3 is 3.06 bits per heavy atom. The quantitative estimate of drug-likeness (QED) is 0.874. The molecule has 3 heteroatoms. The van der Waals surface area contributed by atoms with E-state index in [1.54, 1.807) is 6.26 Å². The van der Waals surface area contributed by atoms with Crippen molar-refractivity contribution in [2.45, 2.75) is 45.2 Å². The summed E-state index contributed by atoms with van der Waals surface area (Å²) in [5.74, 6) is 1.07. The Morgan fingerprint density at radius 2 is 2.41 bits per heavy atom. The van der Waals surface area contributed by atoms with E-state index in [-0.39, 0.29) is 5.54 Å². The second-order valence-electron chi connectivity index (χ2n) is 5.36. The Balaban J connectivity index is 2.09. The van der Waals surface area contributed by atoms with E-state index in [1.807, 2.05) is 6.07 Å². The summed E-state index contributed by atoms with van der Waals surface area (Å²) >= 11 is 0. The van der Waals surface area contributed by atoms with Gasteiger partial charge in [-0.2, -0.15) is 0 Å². The molecule has 2 unspecified atom stereocenters. The molecule has 1 aliphatic rings. The van der Waals surface area contributed by atoms with Crippen molar-refractivity contribution in [1.29, 1.82) is 0 Å². The number of hydrogen-bond donors (Lipinski definition) is 1. The second-order valence-corrected chi connectivity index (χ2v) is 5.36.